The maximum Gasteiger partial charge on any atom is 0.125 e. The molecule has 0 amide bonds. The van der Waals surface area contributed by atoms with E-state index < -0.39 is 0 Å². The van der Waals surface area contributed by atoms with Crippen LogP contribution in [0, 0.1) is 0 Å². The van der Waals surface area contributed by atoms with Crippen LogP contribution < -0.4 is 5.73 Å². The first-order valence-electron chi connectivity index (χ1n) is 6.24. The molecule has 0 aliphatic heterocycles. The summed E-state index contributed by atoms with van der Waals surface area (Å²) in [6.07, 6.45) is 2.53. The second kappa shape index (κ2) is 4.32. The third-order valence-corrected chi connectivity index (χ3v) is 3.48. The molecule has 0 atom stereocenters. The molecule has 2 heteroatoms. The fourth-order valence-electron chi connectivity index (χ4n) is 2.54. The SMILES string of the molecule is C=CCc1c(N)cc(O)c2cc3ccccc3cc12. The summed E-state index contributed by atoms with van der Waals surface area (Å²) in [5.74, 6) is 0.228. The van der Waals surface area contributed by atoms with E-state index in [0.29, 0.717) is 12.1 Å². The van der Waals surface area contributed by atoms with Gasteiger partial charge in [-0.3, -0.25) is 0 Å². The monoisotopic (exact) mass is 249 g/mol. The van der Waals surface area contributed by atoms with Crippen molar-refractivity contribution < 1.29 is 5.11 Å². The van der Waals surface area contributed by atoms with Crippen LogP contribution in [0.3, 0.4) is 0 Å². The van der Waals surface area contributed by atoms with Gasteiger partial charge in [-0.1, -0.05) is 30.3 Å². The predicted octanol–water partition coefficient (Wildman–Crippen LogP) is 4.01. The van der Waals surface area contributed by atoms with Crippen LogP contribution in [0.2, 0.25) is 0 Å². The fourth-order valence-corrected chi connectivity index (χ4v) is 2.54. The molecule has 3 aromatic rings. The molecule has 3 rings (SSSR count). The first kappa shape index (κ1) is 11.6. The Bertz CT molecular complexity index is 790. The van der Waals surface area contributed by atoms with E-state index in [1.54, 1.807) is 6.07 Å². The Balaban J connectivity index is 2.48. The lowest BCUT2D eigenvalue weighted by molar-refractivity contribution is 0.482. The lowest BCUT2D eigenvalue weighted by Gasteiger charge is -2.11. The van der Waals surface area contributed by atoms with Crippen molar-refractivity contribution in [1.29, 1.82) is 0 Å². The third-order valence-electron chi connectivity index (χ3n) is 3.48. The van der Waals surface area contributed by atoms with E-state index in [0.717, 1.165) is 27.1 Å². The molecule has 0 bridgehead atoms. The van der Waals surface area contributed by atoms with Crippen molar-refractivity contribution in [2.75, 3.05) is 5.73 Å². The molecule has 0 aliphatic carbocycles. The summed E-state index contributed by atoms with van der Waals surface area (Å²) in [6, 6.07) is 13.8. The summed E-state index contributed by atoms with van der Waals surface area (Å²) in [5.41, 5.74) is 7.64. The molecule has 0 heterocycles. The molecule has 94 valence electrons. The van der Waals surface area contributed by atoms with Gasteiger partial charge in [0.05, 0.1) is 0 Å². The Kier molecular flexibility index (Phi) is 2.64. The molecule has 0 aliphatic rings. The number of aromatic hydroxyl groups is 1. The number of fused-ring (bicyclic) bond motifs is 2. The first-order chi connectivity index (χ1) is 9.20. The van der Waals surface area contributed by atoms with E-state index in [2.05, 4.69) is 18.7 Å². The summed E-state index contributed by atoms with van der Waals surface area (Å²) in [5, 5.41) is 14.2. The largest absolute Gasteiger partial charge is 0.507 e. The van der Waals surface area contributed by atoms with Gasteiger partial charge in [0, 0.05) is 17.1 Å². The van der Waals surface area contributed by atoms with E-state index in [4.69, 9.17) is 5.73 Å². The van der Waals surface area contributed by atoms with Crippen molar-refractivity contribution in [2.45, 2.75) is 6.42 Å². The van der Waals surface area contributed by atoms with Crippen molar-refractivity contribution in [2.24, 2.45) is 0 Å². The van der Waals surface area contributed by atoms with E-state index in [1.807, 2.05) is 30.3 Å². The number of anilines is 1. The van der Waals surface area contributed by atoms with Gasteiger partial charge in [0.1, 0.15) is 5.75 Å². The van der Waals surface area contributed by atoms with Crippen LogP contribution >= 0.6 is 0 Å². The summed E-state index contributed by atoms with van der Waals surface area (Å²) in [6.45, 7) is 3.77. The zero-order chi connectivity index (χ0) is 13.4. The summed E-state index contributed by atoms with van der Waals surface area (Å²) < 4.78 is 0. The van der Waals surface area contributed by atoms with Crippen molar-refractivity contribution in [1.82, 2.24) is 0 Å². The van der Waals surface area contributed by atoms with E-state index >= 15 is 0 Å². The number of phenolic OH excluding ortho intramolecular Hbond substituents is 1. The molecule has 0 fully saturated rings. The van der Waals surface area contributed by atoms with E-state index in [9.17, 15) is 5.11 Å². The van der Waals surface area contributed by atoms with Crippen LogP contribution in [0.5, 0.6) is 5.75 Å². The second-order valence-electron chi connectivity index (χ2n) is 4.70. The number of allylic oxidation sites excluding steroid dienone is 1. The molecule has 19 heavy (non-hydrogen) atoms. The third kappa shape index (κ3) is 1.82. The van der Waals surface area contributed by atoms with Gasteiger partial charge in [-0.05, 0) is 40.3 Å². The fraction of sp³-hybridized carbons (Fsp3) is 0.0588. The molecule has 0 spiro atoms. The normalized spacial score (nSPS) is 10.9. The van der Waals surface area contributed by atoms with Crippen molar-refractivity contribution in [3.63, 3.8) is 0 Å². The number of nitrogens with two attached hydrogens (primary N) is 1. The van der Waals surface area contributed by atoms with Gasteiger partial charge in [-0.15, -0.1) is 6.58 Å². The maximum absolute atomic E-state index is 10.1. The van der Waals surface area contributed by atoms with Gasteiger partial charge in [-0.25, -0.2) is 0 Å². The maximum atomic E-state index is 10.1. The number of benzene rings is 3. The highest BCUT2D eigenvalue weighted by atomic mass is 16.3. The van der Waals surface area contributed by atoms with Crippen LogP contribution in [0.15, 0.2) is 55.1 Å². The molecular formula is C17H15NO. The Morgan fingerprint density at radius 3 is 2.32 bits per heavy atom. The van der Waals surface area contributed by atoms with Gasteiger partial charge in [0.2, 0.25) is 0 Å². The highest BCUT2D eigenvalue weighted by Crippen LogP contribution is 2.35. The number of nitrogen functional groups attached to an aromatic ring is 1. The summed E-state index contributed by atoms with van der Waals surface area (Å²) in [7, 11) is 0. The molecule has 3 aromatic carbocycles. The van der Waals surface area contributed by atoms with Crippen molar-refractivity contribution in [3.8, 4) is 5.75 Å². The number of rotatable bonds is 2. The number of hydrogen-bond acceptors (Lipinski definition) is 2. The lowest BCUT2D eigenvalue weighted by atomic mass is 9.96. The average Bonchev–Trinajstić information content (AvgIpc) is 2.42. The van der Waals surface area contributed by atoms with E-state index in [1.165, 1.54) is 0 Å². The molecule has 2 nitrogen and oxygen atoms in total. The minimum Gasteiger partial charge on any atom is -0.507 e. The quantitative estimate of drug-likeness (QED) is 0.409. The smallest absolute Gasteiger partial charge is 0.125 e. The van der Waals surface area contributed by atoms with Crippen molar-refractivity contribution in [3.05, 3.63) is 60.7 Å². The summed E-state index contributed by atoms with van der Waals surface area (Å²) in [4.78, 5) is 0. The number of hydrogen-bond donors (Lipinski definition) is 2. The van der Waals surface area contributed by atoms with Gasteiger partial charge in [0.25, 0.3) is 0 Å². The first-order valence-corrected chi connectivity index (χ1v) is 6.24. The lowest BCUT2D eigenvalue weighted by Crippen LogP contribution is -1.95. The van der Waals surface area contributed by atoms with E-state index in [-0.39, 0.29) is 5.75 Å². The van der Waals surface area contributed by atoms with Gasteiger partial charge in [-0.2, -0.15) is 0 Å². The highest BCUT2D eigenvalue weighted by Gasteiger charge is 2.10. The zero-order valence-corrected chi connectivity index (χ0v) is 10.6. The van der Waals surface area contributed by atoms with Crippen LogP contribution in [0.25, 0.3) is 21.5 Å². The standard InChI is InChI=1S/C17H15NO/c1-2-5-13-14-8-11-6-3-4-7-12(11)9-15(14)17(19)10-16(13)18/h2-4,6-10,19H,1,5,18H2. The van der Waals surface area contributed by atoms with Crippen LogP contribution in [0.4, 0.5) is 5.69 Å². The minimum atomic E-state index is 0.228. The molecule has 0 unspecified atom stereocenters. The Hall–Kier alpha value is -2.48. The molecule has 0 radical (unpaired) electrons. The minimum absolute atomic E-state index is 0.228. The van der Waals surface area contributed by atoms with Crippen molar-refractivity contribution >= 4 is 27.2 Å². The Morgan fingerprint density at radius 2 is 1.68 bits per heavy atom. The summed E-state index contributed by atoms with van der Waals surface area (Å²) >= 11 is 0. The molecule has 3 N–H and O–H groups in total. The Morgan fingerprint density at radius 1 is 1.05 bits per heavy atom. The topological polar surface area (TPSA) is 46.2 Å². The van der Waals surface area contributed by atoms with Gasteiger partial charge in [0.15, 0.2) is 0 Å². The average molecular weight is 249 g/mol. The molecule has 0 saturated heterocycles. The predicted molar refractivity (Wildman–Crippen MR) is 81.4 cm³/mol. The molecule has 0 aromatic heterocycles. The molecular weight excluding hydrogens is 234 g/mol. The van der Waals surface area contributed by atoms with Gasteiger partial charge >= 0.3 is 0 Å². The Labute approximate surface area is 111 Å². The van der Waals surface area contributed by atoms with Crippen LogP contribution in [-0.4, -0.2) is 5.11 Å². The van der Waals surface area contributed by atoms with Gasteiger partial charge < -0.3 is 10.8 Å². The zero-order valence-electron chi connectivity index (χ0n) is 10.6. The second-order valence-corrected chi connectivity index (χ2v) is 4.70. The highest BCUT2D eigenvalue weighted by molar-refractivity contribution is 6.04. The van der Waals surface area contributed by atoms with Crippen LogP contribution in [0.1, 0.15) is 5.56 Å². The van der Waals surface area contributed by atoms with Crippen LogP contribution in [-0.2, 0) is 6.42 Å². The number of phenols is 1. The molecule has 0 saturated carbocycles.